The number of nitrogens with zero attached hydrogens (tertiary/aromatic N) is 3. The quantitative estimate of drug-likeness (QED) is 0.690. The van der Waals surface area contributed by atoms with Crippen LogP contribution in [0.15, 0.2) is 48.5 Å². The lowest BCUT2D eigenvalue weighted by molar-refractivity contribution is 0.404. The van der Waals surface area contributed by atoms with Crippen LogP contribution in [0.5, 0.6) is 17.2 Å². The summed E-state index contributed by atoms with van der Waals surface area (Å²) < 4.78 is 11.0. The van der Waals surface area contributed by atoms with Crippen molar-refractivity contribution >= 4 is 5.95 Å². The van der Waals surface area contributed by atoms with E-state index in [1.165, 1.54) is 6.42 Å². The van der Waals surface area contributed by atoms with Crippen molar-refractivity contribution in [3.05, 3.63) is 48.5 Å². The van der Waals surface area contributed by atoms with Crippen molar-refractivity contribution in [1.82, 2.24) is 9.97 Å². The third kappa shape index (κ3) is 4.11. The van der Waals surface area contributed by atoms with Crippen LogP contribution in [-0.4, -0.2) is 42.4 Å². The fourth-order valence-corrected chi connectivity index (χ4v) is 3.60. The normalized spacial score (nSPS) is 13.9. The van der Waals surface area contributed by atoms with Gasteiger partial charge >= 0.3 is 0 Å². The molecule has 0 amide bonds. The van der Waals surface area contributed by atoms with E-state index in [-0.39, 0.29) is 5.75 Å². The van der Waals surface area contributed by atoms with E-state index < -0.39 is 0 Å². The summed E-state index contributed by atoms with van der Waals surface area (Å²) in [6.45, 7) is 1.90. The van der Waals surface area contributed by atoms with Crippen LogP contribution < -0.4 is 14.4 Å². The molecule has 1 fully saturated rings. The molecule has 0 atom stereocenters. The van der Waals surface area contributed by atoms with E-state index >= 15 is 0 Å². The van der Waals surface area contributed by atoms with Gasteiger partial charge in [-0.25, -0.2) is 9.97 Å². The number of anilines is 1. The second kappa shape index (κ2) is 8.39. The Balaban J connectivity index is 1.86. The fourth-order valence-electron chi connectivity index (χ4n) is 3.60. The van der Waals surface area contributed by atoms with E-state index in [1.807, 2.05) is 36.4 Å². The highest BCUT2D eigenvalue weighted by Gasteiger charge is 2.18. The van der Waals surface area contributed by atoms with Crippen LogP contribution in [0.4, 0.5) is 5.95 Å². The summed E-state index contributed by atoms with van der Waals surface area (Å²) in [5.41, 5.74) is 3.36. The first-order valence-corrected chi connectivity index (χ1v) is 9.84. The lowest BCUT2D eigenvalue weighted by Gasteiger charge is -2.27. The van der Waals surface area contributed by atoms with Gasteiger partial charge in [-0.2, -0.15) is 0 Å². The minimum atomic E-state index is 0.230. The van der Waals surface area contributed by atoms with E-state index in [1.54, 1.807) is 26.4 Å². The molecule has 0 unspecified atom stereocenters. The monoisotopic (exact) mass is 391 g/mol. The Hall–Kier alpha value is -3.28. The predicted molar refractivity (Wildman–Crippen MR) is 114 cm³/mol. The van der Waals surface area contributed by atoms with Crippen LogP contribution in [-0.2, 0) is 0 Å². The van der Waals surface area contributed by atoms with Crippen molar-refractivity contribution in [3.8, 4) is 39.8 Å². The molecular formula is C23H25N3O3. The van der Waals surface area contributed by atoms with Crippen molar-refractivity contribution in [2.45, 2.75) is 19.3 Å². The molecule has 0 saturated carbocycles. The van der Waals surface area contributed by atoms with E-state index in [2.05, 4.69) is 4.90 Å². The molecule has 3 aromatic rings. The molecular weight excluding hydrogens is 366 g/mol. The number of piperidine rings is 1. The minimum Gasteiger partial charge on any atom is -0.508 e. The van der Waals surface area contributed by atoms with Gasteiger partial charge in [-0.3, -0.25) is 0 Å². The number of hydrogen-bond acceptors (Lipinski definition) is 6. The molecule has 4 rings (SSSR count). The SMILES string of the molecule is COc1ccc(OC)c(-c2cc(-c3ccc(O)cc3)nc(N3CCCCC3)n2)c1. The first-order valence-electron chi connectivity index (χ1n) is 9.84. The van der Waals surface area contributed by atoms with E-state index in [0.717, 1.165) is 65.9 Å². The van der Waals surface area contributed by atoms with Crippen molar-refractivity contribution in [2.24, 2.45) is 0 Å². The summed E-state index contributed by atoms with van der Waals surface area (Å²) in [6, 6.07) is 14.7. The maximum atomic E-state index is 9.65. The number of hydrogen-bond donors (Lipinski definition) is 1. The smallest absolute Gasteiger partial charge is 0.226 e. The Bertz CT molecular complexity index is 983. The molecule has 2 aromatic carbocycles. The molecule has 1 aliphatic heterocycles. The van der Waals surface area contributed by atoms with Crippen LogP contribution in [0.25, 0.3) is 22.5 Å². The number of rotatable bonds is 5. The summed E-state index contributed by atoms with van der Waals surface area (Å²) in [6.07, 6.45) is 3.53. The summed E-state index contributed by atoms with van der Waals surface area (Å²) in [7, 11) is 3.30. The Morgan fingerprint density at radius 1 is 0.828 bits per heavy atom. The highest BCUT2D eigenvalue weighted by Crippen LogP contribution is 2.35. The number of aromatic nitrogens is 2. The molecule has 6 heteroatoms. The molecule has 0 bridgehead atoms. The number of methoxy groups -OCH3 is 2. The van der Waals surface area contributed by atoms with Gasteiger partial charge < -0.3 is 19.5 Å². The number of benzene rings is 2. The second-order valence-electron chi connectivity index (χ2n) is 7.10. The topological polar surface area (TPSA) is 67.7 Å². The molecule has 2 heterocycles. The molecule has 6 nitrogen and oxygen atoms in total. The zero-order valence-electron chi connectivity index (χ0n) is 16.8. The third-order valence-corrected chi connectivity index (χ3v) is 5.20. The van der Waals surface area contributed by atoms with E-state index in [9.17, 15) is 5.11 Å². The largest absolute Gasteiger partial charge is 0.508 e. The fraction of sp³-hybridized carbons (Fsp3) is 0.304. The average Bonchev–Trinajstić information content (AvgIpc) is 2.79. The Morgan fingerprint density at radius 2 is 1.55 bits per heavy atom. The first kappa shape index (κ1) is 19.1. The van der Waals surface area contributed by atoms with Crippen LogP contribution in [0.2, 0.25) is 0 Å². The molecule has 1 aliphatic rings. The third-order valence-electron chi connectivity index (χ3n) is 5.20. The zero-order chi connectivity index (χ0) is 20.2. The molecule has 29 heavy (non-hydrogen) atoms. The zero-order valence-corrected chi connectivity index (χ0v) is 16.8. The number of phenolic OH excluding ortho intramolecular Hbond substituents is 1. The van der Waals surface area contributed by atoms with Crippen molar-refractivity contribution < 1.29 is 14.6 Å². The highest BCUT2D eigenvalue weighted by molar-refractivity contribution is 5.74. The maximum Gasteiger partial charge on any atom is 0.226 e. The summed E-state index contributed by atoms with van der Waals surface area (Å²) in [5, 5.41) is 9.65. The number of aromatic hydroxyl groups is 1. The Kier molecular flexibility index (Phi) is 5.51. The lowest BCUT2D eigenvalue weighted by atomic mass is 10.1. The predicted octanol–water partition coefficient (Wildman–Crippen LogP) is 4.52. The van der Waals surface area contributed by atoms with Gasteiger partial charge in [-0.15, -0.1) is 0 Å². The van der Waals surface area contributed by atoms with Crippen LogP contribution in [0.1, 0.15) is 19.3 Å². The molecule has 0 aliphatic carbocycles. The van der Waals surface area contributed by atoms with Gasteiger partial charge in [-0.05, 0) is 67.8 Å². The van der Waals surface area contributed by atoms with E-state index in [0.29, 0.717) is 0 Å². The van der Waals surface area contributed by atoms with Gasteiger partial charge in [0.25, 0.3) is 0 Å². The van der Waals surface area contributed by atoms with Crippen molar-refractivity contribution in [1.29, 1.82) is 0 Å². The first-order chi connectivity index (χ1) is 14.2. The van der Waals surface area contributed by atoms with Crippen molar-refractivity contribution in [3.63, 3.8) is 0 Å². The summed E-state index contributed by atoms with van der Waals surface area (Å²) in [4.78, 5) is 12.0. The van der Waals surface area contributed by atoms with Gasteiger partial charge in [0.15, 0.2) is 0 Å². The Morgan fingerprint density at radius 3 is 2.24 bits per heavy atom. The van der Waals surface area contributed by atoms with Crippen LogP contribution >= 0.6 is 0 Å². The number of ether oxygens (including phenoxy) is 2. The molecule has 0 spiro atoms. The second-order valence-corrected chi connectivity index (χ2v) is 7.10. The average molecular weight is 391 g/mol. The summed E-state index contributed by atoms with van der Waals surface area (Å²) in [5.74, 6) is 2.42. The van der Waals surface area contributed by atoms with Crippen molar-refractivity contribution in [2.75, 3.05) is 32.2 Å². The molecule has 0 radical (unpaired) electrons. The van der Waals surface area contributed by atoms with Crippen LogP contribution in [0, 0.1) is 0 Å². The number of phenols is 1. The molecule has 1 aromatic heterocycles. The molecule has 1 N–H and O–H groups in total. The lowest BCUT2D eigenvalue weighted by Crippen LogP contribution is -2.31. The van der Waals surface area contributed by atoms with Gasteiger partial charge in [0.05, 0.1) is 25.6 Å². The van der Waals surface area contributed by atoms with Gasteiger partial charge in [0.2, 0.25) is 5.95 Å². The van der Waals surface area contributed by atoms with E-state index in [4.69, 9.17) is 19.4 Å². The van der Waals surface area contributed by atoms with Crippen LogP contribution in [0.3, 0.4) is 0 Å². The Labute approximate surface area is 170 Å². The molecule has 150 valence electrons. The minimum absolute atomic E-state index is 0.230. The maximum absolute atomic E-state index is 9.65. The van der Waals surface area contributed by atoms with Gasteiger partial charge in [0, 0.05) is 24.2 Å². The highest BCUT2D eigenvalue weighted by atomic mass is 16.5. The summed E-state index contributed by atoms with van der Waals surface area (Å²) >= 11 is 0. The van der Waals surface area contributed by atoms with Gasteiger partial charge in [0.1, 0.15) is 17.2 Å². The standard InChI is InChI=1S/C23H25N3O3/c1-28-18-10-11-22(29-2)19(14-18)21-15-20(16-6-8-17(27)9-7-16)24-23(25-21)26-12-4-3-5-13-26/h6-11,14-15,27H,3-5,12-13H2,1-2H3. The van der Waals surface area contributed by atoms with Gasteiger partial charge in [-0.1, -0.05) is 0 Å². The molecule has 1 saturated heterocycles.